The summed E-state index contributed by atoms with van der Waals surface area (Å²) in [6, 6.07) is 10.2. The molecule has 3 rings (SSSR count). The molecule has 0 fully saturated rings. The van der Waals surface area contributed by atoms with Gasteiger partial charge in [0, 0.05) is 29.7 Å². The van der Waals surface area contributed by atoms with Crippen LogP contribution in [0.2, 0.25) is 0 Å². The molecule has 0 saturated carbocycles. The molecule has 2 heterocycles. The molecule has 0 aliphatic heterocycles. The molecule has 5 heteroatoms. The highest BCUT2D eigenvalue weighted by Gasteiger charge is 2.06. The van der Waals surface area contributed by atoms with Crippen molar-refractivity contribution in [2.24, 2.45) is 0 Å². The highest BCUT2D eigenvalue weighted by atomic mass is 15.3. The molecule has 3 aromatic rings. The summed E-state index contributed by atoms with van der Waals surface area (Å²) in [7, 11) is 0. The lowest BCUT2D eigenvalue weighted by Crippen LogP contribution is -2.04. The number of rotatable bonds is 4. The molecule has 0 aliphatic carbocycles. The van der Waals surface area contributed by atoms with Gasteiger partial charge in [-0.15, -0.1) is 0 Å². The van der Waals surface area contributed by atoms with E-state index in [1.54, 1.807) is 0 Å². The maximum absolute atomic E-state index is 5.82. The molecule has 0 radical (unpaired) electrons. The van der Waals surface area contributed by atoms with Gasteiger partial charge in [0.25, 0.3) is 0 Å². The Morgan fingerprint density at radius 2 is 2.05 bits per heavy atom. The smallest absolute Gasteiger partial charge is 0.0850 e. The Labute approximate surface area is 124 Å². The van der Waals surface area contributed by atoms with Gasteiger partial charge >= 0.3 is 0 Å². The Hall–Kier alpha value is -2.56. The molecule has 1 aromatic carbocycles. The minimum atomic E-state index is 0.374. The van der Waals surface area contributed by atoms with Crippen LogP contribution in [0, 0.1) is 0 Å². The van der Waals surface area contributed by atoms with Crippen LogP contribution in [0.1, 0.15) is 25.6 Å². The van der Waals surface area contributed by atoms with Gasteiger partial charge in [0.1, 0.15) is 0 Å². The molecule has 2 aromatic heterocycles. The lowest BCUT2D eigenvalue weighted by molar-refractivity contribution is 0.521. The number of nitrogens with two attached hydrogens (primary N) is 1. The van der Waals surface area contributed by atoms with Gasteiger partial charge in [0.2, 0.25) is 0 Å². The molecular weight excluding hydrogens is 262 g/mol. The fourth-order valence-electron chi connectivity index (χ4n) is 2.23. The third-order valence-corrected chi connectivity index (χ3v) is 3.37. The second kappa shape index (κ2) is 5.44. The van der Waals surface area contributed by atoms with Crippen LogP contribution < -0.4 is 5.73 Å². The van der Waals surface area contributed by atoms with Crippen molar-refractivity contribution in [3.8, 4) is 11.1 Å². The number of anilines is 1. The molecule has 108 valence electrons. The van der Waals surface area contributed by atoms with Crippen molar-refractivity contribution in [2.75, 3.05) is 5.73 Å². The molecule has 0 aliphatic rings. The van der Waals surface area contributed by atoms with E-state index in [-0.39, 0.29) is 0 Å². The molecule has 0 atom stereocenters. The van der Waals surface area contributed by atoms with Gasteiger partial charge in [-0.3, -0.25) is 9.36 Å². The zero-order valence-corrected chi connectivity index (χ0v) is 12.3. The largest absolute Gasteiger partial charge is 0.399 e. The Morgan fingerprint density at radius 1 is 1.19 bits per heavy atom. The summed E-state index contributed by atoms with van der Waals surface area (Å²) in [5, 5.41) is 8.94. The highest BCUT2D eigenvalue weighted by Crippen LogP contribution is 2.20. The molecule has 0 saturated heterocycles. The number of hydrogen-bond acceptors (Lipinski definition) is 3. The van der Waals surface area contributed by atoms with Crippen LogP contribution >= 0.6 is 0 Å². The summed E-state index contributed by atoms with van der Waals surface area (Å²) < 4.78 is 3.85. The van der Waals surface area contributed by atoms with Crippen molar-refractivity contribution >= 4 is 5.69 Å². The van der Waals surface area contributed by atoms with E-state index >= 15 is 0 Å². The zero-order chi connectivity index (χ0) is 14.8. The van der Waals surface area contributed by atoms with Crippen LogP contribution in [-0.2, 0) is 6.54 Å². The monoisotopic (exact) mass is 281 g/mol. The van der Waals surface area contributed by atoms with Crippen LogP contribution in [0.4, 0.5) is 5.69 Å². The fraction of sp³-hybridized carbons (Fsp3) is 0.250. The van der Waals surface area contributed by atoms with E-state index in [4.69, 9.17) is 5.73 Å². The maximum Gasteiger partial charge on any atom is 0.0850 e. The van der Waals surface area contributed by atoms with E-state index in [9.17, 15) is 0 Å². The maximum atomic E-state index is 5.82. The van der Waals surface area contributed by atoms with E-state index in [1.165, 1.54) is 0 Å². The predicted octanol–water partition coefficient (Wildman–Crippen LogP) is 2.96. The van der Waals surface area contributed by atoms with Crippen LogP contribution in [-0.4, -0.2) is 19.6 Å². The standard InChI is InChI=1S/C16H19N5/c1-12(2)21-7-6-16(19-21)11-20-10-14(9-18-20)13-4-3-5-15(17)8-13/h3-10,12H,11,17H2,1-2H3. The summed E-state index contributed by atoms with van der Waals surface area (Å²) in [6.45, 7) is 4.90. The van der Waals surface area contributed by atoms with Gasteiger partial charge in [0.05, 0.1) is 18.4 Å². The number of aromatic nitrogens is 4. The third-order valence-electron chi connectivity index (χ3n) is 3.37. The lowest BCUT2D eigenvalue weighted by atomic mass is 10.1. The summed E-state index contributed by atoms with van der Waals surface area (Å²) in [6.07, 6.45) is 5.87. The van der Waals surface area contributed by atoms with Gasteiger partial charge in [-0.1, -0.05) is 12.1 Å². The topological polar surface area (TPSA) is 61.7 Å². The Kier molecular flexibility index (Phi) is 3.48. The number of nitrogens with zero attached hydrogens (tertiary/aromatic N) is 4. The first-order valence-electron chi connectivity index (χ1n) is 7.04. The van der Waals surface area contributed by atoms with E-state index < -0.39 is 0 Å². The van der Waals surface area contributed by atoms with Crippen molar-refractivity contribution in [3.63, 3.8) is 0 Å². The van der Waals surface area contributed by atoms with Crippen molar-refractivity contribution in [2.45, 2.75) is 26.4 Å². The van der Waals surface area contributed by atoms with E-state index in [0.717, 1.165) is 22.5 Å². The third kappa shape index (κ3) is 2.97. The van der Waals surface area contributed by atoms with Crippen LogP contribution in [0.5, 0.6) is 0 Å². The van der Waals surface area contributed by atoms with Gasteiger partial charge < -0.3 is 5.73 Å². The van der Waals surface area contributed by atoms with Crippen molar-refractivity contribution in [1.29, 1.82) is 0 Å². The predicted molar refractivity (Wildman–Crippen MR) is 83.8 cm³/mol. The molecular formula is C16H19N5. The van der Waals surface area contributed by atoms with E-state index in [0.29, 0.717) is 12.6 Å². The SMILES string of the molecule is CC(C)n1ccc(Cn2cc(-c3cccc(N)c3)cn2)n1. The van der Waals surface area contributed by atoms with E-state index in [2.05, 4.69) is 24.0 Å². The minimum Gasteiger partial charge on any atom is -0.399 e. The van der Waals surface area contributed by atoms with Gasteiger partial charge in [0.15, 0.2) is 0 Å². The molecule has 0 amide bonds. The van der Waals surface area contributed by atoms with E-state index in [1.807, 2.05) is 58.3 Å². The average molecular weight is 281 g/mol. The molecule has 21 heavy (non-hydrogen) atoms. The van der Waals surface area contributed by atoms with Crippen molar-refractivity contribution in [3.05, 3.63) is 54.6 Å². The highest BCUT2D eigenvalue weighted by molar-refractivity contribution is 5.65. The number of benzene rings is 1. The fourth-order valence-corrected chi connectivity index (χ4v) is 2.23. The first-order chi connectivity index (χ1) is 10.1. The normalized spacial score (nSPS) is 11.2. The quantitative estimate of drug-likeness (QED) is 0.748. The van der Waals surface area contributed by atoms with Crippen molar-refractivity contribution in [1.82, 2.24) is 19.6 Å². The lowest BCUT2D eigenvalue weighted by Gasteiger charge is -2.03. The van der Waals surface area contributed by atoms with Gasteiger partial charge in [-0.2, -0.15) is 10.2 Å². The number of hydrogen-bond donors (Lipinski definition) is 1. The molecule has 5 nitrogen and oxygen atoms in total. The summed E-state index contributed by atoms with van der Waals surface area (Å²) in [5.41, 5.74) is 9.72. The average Bonchev–Trinajstić information content (AvgIpc) is 3.08. The summed E-state index contributed by atoms with van der Waals surface area (Å²) in [4.78, 5) is 0. The zero-order valence-electron chi connectivity index (χ0n) is 12.3. The first-order valence-corrected chi connectivity index (χ1v) is 7.04. The summed E-state index contributed by atoms with van der Waals surface area (Å²) >= 11 is 0. The van der Waals surface area contributed by atoms with Gasteiger partial charge in [-0.25, -0.2) is 0 Å². The second-order valence-electron chi connectivity index (χ2n) is 5.43. The number of nitrogen functional groups attached to an aromatic ring is 1. The summed E-state index contributed by atoms with van der Waals surface area (Å²) in [5.74, 6) is 0. The minimum absolute atomic E-state index is 0.374. The van der Waals surface area contributed by atoms with Crippen molar-refractivity contribution < 1.29 is 0 Å². The van der Waals surface area contributed by atoms with Crippen LogP contribution in [0.3, 0.4) is 0 Å². The van der Waals surface area contributed by atoms with Crippen LogP contribution in [0.25, 0.3) is 11.1 Å². The molecule has 0 bridgehead atoms. The Morgan fingerprint density at radius 3 is 2.76 bits per heavy atom. The second-order valence-corrected chi connectivity index (χ2v) is 5.43. The van der Waals surface area contributed by atoms with Crippen LogP contribution in [0.15, 0.2) is 48.9 Å². The van der Waals surface area contributed by atoms with Gasteiger partial charge in [-0.05, 0) is 37.6 Å². The molecule has 2 N–H and O–H groups in total. The Balaban J connectivity index is 1.78. The molecule has 0 spiro atoms. The Bertz CT molecular complexity index is 738. The molecule has 0 unspecified atom stereocenters. The first kappa shape index (κ1) is 13.4.